The molecular formula is C15H22O7. The summed E-state index contributed by atoms with van der Waals surface area (Å²) < 4.78 is 19.4. The van der Waals surface area contributed by atoms with Crippen molar-refractivity contribution in [1.29, 1.82) is 0 Å². The Hall–Kier alpha value is -2.31. The standard InChI is InChI=1S/C15H22O7/c1-9(2)13(16)21-11(5)7-19-15(18)20-8-12(6)22-14(17)10(3)4/h11-12H,1,3,7-8H2,2,4-6H3. The smallest absolute Gasteiger partial charge is 0.456 e. The third-order valence-corrected chi connectivity index (χ3v) is 2.19. The van der Waals surface area contributed by atoms with Crippen molar-refractivity contribution >= 4 is 18.1 Å². The van der Waals surface area contributed by atoms with E-state index in [-0.39, 0.29) is 24.4 Å². The highest BCUT2D eigenvalue weighted by atomic mass is 16.7. The molecule has 2 unspecified atom stereocenters. The van der Waals surface area contributed by atoms with Gasteiger partial charge in [-0.1, -0.05) is 13.2 Å². The van der Waals surface area contributed by atoms with E-state index in [2.05, 4.69) is 13.2 Å². The number of ether oxygens (including phenoxy) is 4. The van der Waals surface area contributed by atoms with Gasteiger partial charge in [0.05, 0.1) is 0 Å². The minimum atomic E-state index is -0.948. The van der Waals surface area contributed by atoms with Gasteiger partial charge in [-0.15, -0.1) is 0 Å². The van der Waals surface area contributed by atoms with Gasteiger partial charge in [-0.25, -0.2) is 14.4 Å². The van der Waals surface area contributed by atoms with Crippen molar-refractivity contribution in [2.45, 2.75) is 39.9 Å². The summed E-state index contributed by atoms with van der Waals surface area (Å²) in [6.45, 7) is 12.7. The lowest BCUT2D eigenvalue weighted by Gasteiger charge is -2.15. The molecule has 0 radical (unpaired) electrons. The van der Waals surface area contributed by atoms with Crippen molar-refractivity contribution in [3.8, 4) is 0 Å². The maximum absolute atomic E-state index is 11.3. The zero-order chi connectivity index (χ0) is 17.3. The summed E-state index contributed by atoms with van der Waals surface area (Å²) in [6, 6.07) is 0. The molecule has 0 heterocycles. The summed E-state index contributed by atoms with van der Waals surface area (Å²) in [7, 11) is 0. The maximum Gasteiger partial charge on any atom is 0.508 e. The summed E-state index contributed by atoms with van der Waals surface area (Å²) in [6.07, 6.45) is -2.21. The van der Waals surface area contributed by atoms with Crippen molar-refractivity contribution in [2.24, 2.45) is 0 Å². The van der Waals surface area contributed by atoms with Crippen LogP contribution in [0.3, 0.4) is 0 Å². The lowest BCUT2D eigenvalue weighted by atomic mass is 10.3. The Morgan fingerprint density at radius 3 is 1.41 bits per heavy atom. The fourth-order valence-electron chi connectivity index (χ4n) is 1.05. The molecular weight excluding hydrogens is 292 g/mol. The normalized spacial score (nSPS) is 12.5. The van der Waals surface area contributed by atoms with E-state index in [9.17, 15) is 14.4 Å². The van der Waals surface area contributed by atoms with Gasteiger partial charge in [0.15, 0.2) is 0 Å². The Balaban J connectivity index is 3.95. The van der Waals surface area contributed by atoms with E-state index in [1.807, 2.05) is 0 Å². The average molecular weight is 314 g/mol. The minimum absolute atomic E-state index is 0.155. The van der Waals surface area contributed by atoms with Gasteiger partial charge in [0.25, 0.3) is 0 Å². The van der Waals surface area contributed by atoms with Crippen LogP contribution >= 0.6 is 0 Å². The van der Waals surface area contributed by atoms with Crippen molar-refractivity contribution in [2.75, 3.05) is 13.2 Å². The third-order valence-electron chi connectivity index (χ3n) is 2.19. The molecule has 7 heteroatoms. The van der Waals surface area contributed by atoms with Crippen LogP contribution < -0.4 is 0 Å². The summed E-state index contributed by atoms with van der Waals surface area (Å²) in [5.41, 5.74) is 0.505. The first-order valence-electron chi connectivity index (χ1n) is 6.66. The van der Waals surface area contributed by atoms with Crippen LogP contribution in [0.15, 0.2) is 24.3 Å². The van der Waals surface area contributed by atoms with E-state index in [0.29, 0.717) is 0 Å². The van der Waals surface area contributed by atoms with E-state index >= 15 is 0 Å². The molecule has 0 aliphatic rings. The van der Waals surface area contributed by atoms with Gasteiger partial charge in [0.1, 0.15) is 25.4 Å². The number of carbonyl (C=O) groups is 3. The Labute approximate surface area is 129 Å². The van der Waals surface area contributed by atoms with Crippen molar-refractivity contribution < 1.29 is 33.3 Å². The highest BCUT2D eigenvalue weighted by molar-refractivity contribution is 5.87. The Morgan fingerprint density at radius 2 is 1.14 bits per heavy atom. The van der Waals surface area contributed by atoms with Crippen LogP contribution in [0.1, 0.15) is 27.7 Å². The summed E-state index contributed by atoms with van der Waals surface area (Å²) in [5.74, 6) is -1.13. The largest absolute Gasteiger partial charge is 0.508 e. The molecule has 0 aliphatic heterocycles. The van der Waals surface area contributed by atoms with Crippen LogP contribution in [0, 0.1) is 0 Å². The predicted molar refractivity (Wildman–Crippen MR) is 78.0 cm³/mol. The molecule has 0 aliphatic carbocycles. The van der Waals surface area contributed by atoms with Crippen LogP contribution in [0.25, 0.3) is 0 Å². The molecule has 0 aromatic heterocycles. The van der Waals surface area contributed by atoms with Gasteiger partial charge in [-0.3, -0.25) is 0 Å². The molecule has 0 amide bonds. The molecule has 0 N–H and O–H groups in total. The number of rotatable bonds is 8. The highest BCUT2D eigenvalue weighted by Gasteiger charge is 2.16. The topological polar surface area (TPSA) is 88.1 Å². The fourth-order valence-corrected chi connectivity index (χ4v) is 1.05. The number of carbonyl (C=O) groups excluding carboxylic acids is 3. The van der Waals surface area contributed by atoms with Crippen LogP contribution in [-0.4, -0.2) is 43.5 Å². The third kappa shape index (κ3) is 8.78. The lowest BCUT2D eigenvalue weighted by molar-refractivity contribution is -0.146. The van der Waals surface area contributed by atoms with Gasteiger partial charge < -0.3 is 18.9 Å². The van der Waals surface area contributed by atoms with Crippen molar-refractivity contribution in [1.82, 2.24) is 0 Å². The summed E-state index contributed by atoms with van der Waals surface area (Å²) in [5, 5.41) is 0. The molecule has 0 rings (SSSR count). The van der Waals surface area contributed by atoms with Gasteiger partial charge in [-0.05, 0) is 27.7 Å². The molecule has 0 saturated carbocycles. The predicted octanol–water partition coefficient (Wildman–Crippen LogP) is 2.16. The molecule has 7 nitrogen and oxygen atoms in total. The summed E-state index contributed by atoms with van der Waals surface area (Å²) >= 11 is 0. The van der Waals surface area contributed by atoms with E-state index in [1.165, 1.54) is 13.8 Å². The van der Waals surface area contributed by atoms with Gasteiger partial charge in [-0.2, -0.15) is 0 Å². The quantitative estimate of drug-likeness (QED) is 0.385. The molecule has 0 fully saturated rings. The molecule has 0 bridgehead atoms. The molecule has 22 heavy (non-hydrogen) atoms. The van der Waals surface area contributed by atoms with Gasteiger partial charge in [0.2, 0.25) is 0 Å². The lowest BCUT2D eigenvalue weighted by Crippen LogP contribution is -2.26. The van der Waals surface area contributed by atoms with Crippen LogP contribution in [-0.2, 0) is 28.5 Å². The molecule has 124 valence electrons. The second-order valence-electron chi connectivity index (χ2n) is 4.86. The van der Waals surface area contributed by atoms with E-state index in [0.717, 1.165) is 0 Å². The fraction of sp³-hybridized carbons (Fsp3) is 0.533. The first kappa shape index (κ1) is 19.7. The Kier molecular flexibility index (Phi) is 8.59. The average Bonchev–Trinajstić information content (AvgIpc) is 2.42. The molecule has 2 atom stereocenters. The van der Waals surface area contributed by atoms with Crippen LogP contribution in [0.5, 0.6) is 0 Å². The minimum Gasteiger partial charge on any atom is -0.456 e. The first-order valence-corrected chi connectivity index (χ1v) is 6.66. The van der Waals surface area contributed by atoms with E-state index < -0.39 is 30.3 Å². The van der Waals surface area contributed by atoms with Crippen molar-refractivity contribution in [3.05, 3.63) is 24.3 Å². The van der Waals surface area contributed by atoms with E-state index in [1.54, 1.807) is 13.8 Å². The molecule has 0 aromatic carbocycles. The second kappa shape index (κ2) is 9.59. The maximum atomic E-state index is 11.3. The Morgan fingerprint density at radius 1 is 0.818 bits per heavy atom. The second-order valence-corrected chi connectivity index (χ2v) is 4.86. The van der Waals surface area contributed by atoms with Gasteiger partial charge >= 0.3 is 18.1 Å². The highest BCUT2D eigenvalue weighted by Crippen LogP contribution is 2.02. The number of esters is 2. The SMILES string of the molecule is C=C(C)C(=O)OC(C)COC(=O)OCC(C)OC(=O)C(=C)C. The van der Waals surface area contributed by atoms with Gasteiger partial charge in [0, 0.05) is 11.1 Å². The zero-order valence-corrected chi connectivity index (χ0v) is 13.3. The monoisotopic (exact) mass is 314 g/mol. The molecule has 0 spiro atoms. The number of hydrogen-bond acceptors (Lipinski definition) is 7. The van der Waals surface area contributed by atoms with Crippen LogP contribution in [0.4, 0.5) is 4.79 Å². The van der Waals surface area contributed by atoms with E-state index in [4.69, 9.17) is 18.9 Å². The Bertz CT molecular complexity index is 413. The summed E-state index contributed by atoms with van der Waals surface area (Å²) in [4.78, 5) is 33.8. The van der Waals surface area contributed by atoms with Crippen molar-refractivity contribution in [3.63, 3.8) is 0 Å². The van der Waals surface area contributed by atoms with Crippen LogP contribution in [0.2, 0.25) is 0 Å². The zero-order valence-electron chi connectivity index (χ0n) is 13.3. The number of hydrogen-bond donors (Lipinski definition) is 0. The first-order chi connectivity index (χ1) is 10.1. The molecule has 0 saturated heterocycles. The molecule has 0 aromatic rings.